The van der Waals surface area contributed by atoms with Crippen molar-refractivity contribution < 1.29 is 0 Å². The molecule has 16 heavy (non-hydrogen) atoms. The van der Waals surface area contributed by atoms with E-state index in [0.29, 0.717) is 11.7 Å². The Bertz CT molecular complexity index is 452. The molecule has 0 radical (unpaired) electrons. The number of aromatic nitrogens is 3. The Balaban J connectivity index is 2.11. The third-order valence-electron chi connectivity index (χ3n) is 2.20. The molecule has 4 nitrogen and oxygen atoms in total. The number of anilines is 1. The summed E-state index contributed by atoms with van der Waals surface area (Å²) in [5.74, 6) is 0. The van der Waals surface area contributed by atoms with E-state index in [0.717, 1.165) is 16.9 Å². The molecule has 0 aromatic carbocycles. The van der Waals surface area contributed by atoms with Crippen LogP contribution in [0.3, 0.4) is 0 Å². The number of rotatable bonds is 3. The number of halogens is 1. The summed E-state index contributed by atoms with van der Waals surface area (Å²) in [7, 11) is 0. The van der Waals surface area contributed by atoms with E-state index in [1.165, 1.54) is 6.33 Å². The molecule has 0 aliphatic rings. The maximum Gasteiger partial charge on any atom is 0.152 e. The fraction of sp³-hybridized carbons (Fsp3) is 0.182. The van der Waals surface area contributed by atoms with Gasteiger partial charge in [-0.05, 0) is 24.6 Å². The largest absolute Gasteiger partial charge is 0.377 e. The molecule has 1 N–H and O–H groups in total. The molecule has 0 fully saturated rings. The Labute approximate surface area is 98.7 Å². The number of nitrogens with one attached hydrogen (secondary N) is 1. The molecule has 0 spiro atoms. The maximum absolute atomic E-state index is 5.99. The second-order valence-electron chi connectivity index (χ2n) is 3.35. The van der Waals surface area contributed by atoms with E-state index in [2.05, 4.69) is 20.3 Å². The second kappa shape index (κ2) is 4.90. The standard InChI is InChI=1S/C11H11ClN4/c1-8-2-5-14-11(12)10(8)15-6-9-3-4-13-7-16-9/h2-5,7,15H,6H2,1H3. The number of aryl methyl sites for hydroxylation is 1. The molecular formula is C11H11ClN4. The van der Waals surface area contributed by atoms with Crippen molar-refractivity contribution in [2.45, 2.75) is 13.5 Å². The van der Waals surface area contributed by atoms with Gasteiger partial charge in [0, 0.05) is 12.4 Å². The molecule has 0 unspecified atom stereocenters. The minimum absolute atomic E-state index is 0.481. The van der Waals surface area contributed by atoms with Gasteiger partial charge in [-0.3, -0.25) is 0 Å². The van der Waals surface area contributed by atoms with Gasteiger partial charge in [-0.15, -0.1) is 0 Å². The normalized spacial score (nSPS) is 10.1. The summed E-state index contributed by atoms with van der Waals surface area (Å²) in [6.07, 6.45) is 4.92. The van der Waals surface area contributed by atoms with Gasteiger partial charge in [0.25, 0.3) is 0 Å². The van der Waals surface area contributed by atoms with Crippen molar-refractivity contribution in [1.82, 2.24) is 15.0 Å². The monoisotopic (exact) mass is 234 g/mol. The van der Waals surface area contributed by atoms with E-state index in [9.17, 15) is 0 Å². The number of hydrogen-bond acceptors (Lipinski definition) is 4. The smallest absolute Gasteiger partial charge is 0.152 e. The van der Waals surface area contributed by atoms with Crippen LogP contribution in [0.5, 0.6) is 0 Å². The predicted octanol–water partition coefficient (Wildman–Crippen LogP) is 2.45. The molecule has 0 atom stereocenters. The fourth-order valence-electron chi connectivity index (χ4n) is 1.34. The molecule has 0 aliphatic heterocycles. The van der Waals surface area contributed by atoms with Gasteiger partial charge in [-0.25, -0.2) is 15.0 Å². The van der Waals surface area contributed by atoms with Crippen LogP contribution in [-0.4, -0.2) is 15.0 Å². The van der Waals surface area contributed by atoms with Gasteiger partial charge >= 0.3 is 0 Å². The van der Waals surface area contributed by atoms with Gasteiger partial charge in [0.15, 0.2) is 5.15 Å². The summed E-state index contributed by atoms with van der Waals surface area (Å²) in [5, 5.41) is 3.69. The fourth-order valence-corrected chi connectivity index (χ4v) is 1.61. The molecule has 0 aliphatic carbocycles. The lowest BCUT2D eigenvalue weighted by molar-refractivity contribution is 1.00. The van der Waals surface area contributed by atoms with Crippen molar-refractivity contribution in [3.8, 4) is 0 Å². The Hall–Kier alpha value is -1.68. The van der Waals surface area contributed by atoms with Crippen LogP contribution in [0.2, 0.25) is 5.15 Å². The van der Waals surface area contributed by atoms with Gasteiger partial charge in [-0.2, -0.15) is 0 Å². The van der Waals surface area contributed by atoms with Gasteiger partial charge in [-0.1, -0.05) is 11.6 Å². The summed E-state index contributed by atoms with van der Waals surface area (Å²) in [6.45, 7) is 2.59. The highest BCUT2D eigenvalue weighted by Gasteiger charge is 2.04. The Kier molecular flexibility index (Phi) is 3.31. The SMILES string of the molecule is Cc1ccnc(Cl)c1NCc1ccncn1. The van der Waals surface area contributed by atoms with Crippen molar-refractivity contribution in [2.24, 2.45) is 0 Å². The van der Waals surface area contributed by atoms with Crippen molar-refractivity contribution in [2.75, 3.05) is 5.32 Å². The van der Waals surface area contributed by atoms with E-state index in [1.807, 2.05) is 19.1 Å². The first-order chi connectivity index (χ1) is 7.77. The summed E-state index contributed by atoms with van der Waals surface area (Å²) in [6, 6.07) is 3.76. The first-order valence-electron chi connectivity index (χ1n) is 4.87. The van der Waals surface area contributed by atoms with E-state index in [-0.39, 0.29) is 0 Å². The van der Waals surface area contributed by atoms with Crippen LogP contribution in [0.15, 0.2) is 30.9 Å². The molecule has 0 saturated heterocycles. The highest BCUT2D eigenvalue weighted by atomic mass is 35.5. The zero-order valence-electron chi connectivity index (χ0n) is 8.81. The van der Waals surface area contributed by atoms with E-state index < -0.39 is 0 Å². The molecule has 0 bridgehead atoms. The van der Waals surface area contributed by atoms with Crippen molar-refractivity contribution in [3.63, 3.8) is 0 Å². The third-order valence-corrected chi connectivity index (χ3v) is 2.49. The lowest BCUT2D eigenvalue weighted by atomic mass is 10.2. The van der Waals surface area contributed by atoms with Gasteiger partial charge < -0.3 is 5.32 Å². The Morgan fingerprint density at radius 1 is 1.25 bits per heavy atom. The van der Waals surface area contributed by atoms with Crippen molar-refractivity contribution in [3.05, 3.63) is 47.3 Å². The quantitative estimate of drug-likeness (QED) is 0.829. The van der Waals surface area contributed by atoms with E-state index in [1.54, 1.807) is 12.4 Å². The number of hydrogen-bond donors (Lipinski definition) is 1. The maximum atomic E-state index is 5.99. The highest BCUT2D eigenvalue weighted by Crippen LogP contribution is 2.22. The third kappa shape index (κ3) is 2.46. The molecule has 2 aromatic heterocycles. The predicted molar refractivity (Wildman–Crippen MR) is 63.3 cm³/mol. The summed E-state index contributed by atoms with van der Waals surface area (Å²) < 4.78 is 0. The average molecular weight is 235 g/mol. The summed E-state index contributed by atoms with van der Waals surface area (Å²) in [4.78, 5) is 12.0. The Morgan fingerprint density at radius 2 is 2.12 bits per heavy atom. The lowest BCUT2D eigenvalue weighted by Crippen LogP contribution is -2.04. The zero-order chi connectivity index (χ0) is 11.4. The summed E-state index contributed by atoms with van der Waals surface area (Å²) in [5.41, 5.74) is 2.83. The van der Waals surface area contributed by atoms with Crippen LogP contribution in [0.25, 0.3) is 0 Å². The van der Waals surface area contributed by atoms with Gasteiger partial charge in [0.1, 0.15) is 6.33 Å². The minimum atomic E-state index is 0.481. The zero-order valence-corrected chi connectivity index (χ0v) is 9.57. The van der Waals surface area contributed by atoms with Crippen LogP contribution in [0.4, 0.5) is 5.69 Å². The topological polar surface area (TPSA) is 50.7 Å². The number of nitrogens with zero attached hydrogens (tertiary/aromatic N) is 3. The molecule has 2 aromatic rings. The van der Waals surface area contributed by atoms with Gasteiger partial charge in [0.2, 0.25) is 0 Å². The summed E-state index contributed by atoms with van der Waals surface area (Å²) >= 11 is 5.99. The van der Waals surface area contributed by atoms with Crippen LogP contribution in [-0.2, 0) is 6.54 Å². The van der Waals surface area contributed by atoms with Crippen molar-refractivity contribution >= 4 is 17.3 Å². The number of pyridine rings is 1. The second-order valence-corrected chi connectivity index (χ2v) is 3.71. The molecule has 2 heterocycles. The van der Waals surface area contributed by atoms with E-state index >= 15 is 0 Å². The first kappa shape index (κ1) is 10.8. The Morgan fingerprint density at radius 3 is 2.81 bits per heavy atom. The molecule has 0 saturated carbocycles. The van der Waals surface area contributed by atoms with Crippen molar-refractivity contribution in [1.29, 1.82) is 0 Å². The molecular weight excluding hydrogens is 224 g/mol. The molecule has 0 amide bonds. The van der Waals surface area contributed by atoms with Crippen LogP contribution < -0.4 is 5.32 Å². The van der Waals surface area contributed by atoms with Crippen LogP contribution in [0, 0.1) is 6.92 Å². The van der Waals surface area contributed by atoms with Gasteiger partial charge in [0.05, 0.1) is 17.9 Å². The van der Waals surface area contributed by atoms with Crippen LogP contribution >= 0.6 is 11.6 Å². The molecule has 2 rings (SSSR count). The minimum Gasteiger partial charge on any atom is -0.377 e. The lowest BCUT2D eigenvalue weighted by Gasteiger charge is -2.09. The van der Waals surface area contributed by atoms with Crippen LogP contribution in [0.1, 0.15) is 11.3 Å². The average Bonchev–Trinajstić information content (AvgIpc) is 2.30. The molecule has 5 heteroatoms. The molecule has 82 valence electrons. The highest BCUT2D eigenvalue weighted by molar-refractivity contribution is 6.32. The van der Waals surface area contributed by atoms with E-state index in [4.69, 9.17) is 11.6 Å². The first-order valence-corrected chi connectivity index (χ1v) is 5.25.